The van der Waals surface area contributed by atoms with E-state index in [4.69, 9.17) is 0 Å². The molecular weight excluding hydrogens is 302 g/mol. The Morgan fingerprint density at radius 3 is 3.00 bits per heavy atom. The van der Waals surface area contributed by atoms with Gasteiger partial charge in [-0.2, -0.15) is 0 Å². The second-order valence-electron chi connectivity index (χ2n) is 5.69. The minimum atomic E-state index is -0.0893. The smallest absolute Gasteiger partial charge is 0.251 e. The molecule has 6 heteroatoms. The van der Waals surface area contributed by atoms with E-state index >= 15 is 0 Å². The summed E-state index contributed by atoms with van der Waals surface area (Å²) in [5.41, 5.74) is 4.40. The lowest BCUT2D eigenvalue weighted by atomic mass is 10.2. The largest absolute Gasteiger partial charge is 0.350 e. The summed E-state index contributed by atoms with van der Waals surface area (Å²) >= 11 is 0. The van der Waals surface area contributed by atoms with E-state index in [2.05, 4.69) is 24.8 Å². The zero-order chi connectivity index (χ0) is 16.5. The summed E-state index contributed by atoms with van der Waals surface area (Å²) in [5, 5.41) is 2.96. The van der Waals surface area contributed by atoms with Crippen LogP contribution < -0.4 is 5.32 Å². The summed E-state index contributed by atoms with van der Waals surface area (Å²) in [4.78, 5) is 24.0. The molecule has 4 rings (SSSR count). The molecule has 1 amide bonds. The number of imidazole rings is 2. The number of rotatable bonds is 4. The lowest BCUT2D eigenvalue weighted by Crippen LogP contribution is -2.27. The van der Waals surface area contributed by atoms with Crippen LogP contribution in [0.5, 0.6) is 0 Å². The first-order chi connectivity index (χ1) is 11.7. The molecule has 0 saturated heterocycles. The van der Waals surface area contributed by atoms with Crippen molar-refractivity contribution in [2.45, 2.75) is 13.5 Å². The lowest BCUT2D eigenvalue weighted by Gasteiger charge is -2.09. The average Bonchev–Trinajstić information content (AvgIpc) is 3.18. The van der Waals surface area contributed by atoms with Crippen LogP contribution in [0.1, 0.15) is 16.2 Å². The summed E-state index contributed by atoms with van der Waals surface area (Å²) in [5.74, 6) is 0.859. The molecule has 0 aliphatic heterocycles. The predicted molar refractivity (Wildman–Crippen MR) is 92.9 cm³/mol. The fourth-order valence-corrected chi connectivity index (χ4v) is 2.94. The maximum Gasteiger partial charge on any atom is 0.251 e. The number of aromatic amines is 1. The third-order valence-corrected chi connectivity index (χ3v) is 4.15. The summed E-state index contributed by atoms with van der Waals surface area (Å²) in [6.45, 7) is 3.21. The zero-order valence-corrected chi connectivity index (χ0v) is 13.3. The van der Waals surface area contributed by atoms with E-state index in [0.29, 0.717) is 18.7 Å². The van der Waals surface area contributed by atoms with Gasteiger partial charge in [-0.25, -0.2) is 9.97 Å². The number of nitrogens with one attached hydrogen (secondary N) is 2. The van der Waals surface area contributed by atoms with Gasteiger partial charge in [0.1, 0.15) is 5.82 Å². The maximum atomic E-state index is 12.3. The number of carbonyl (C=O) groups excluding carboxylic acids is 1. The quantitative estimate of drug-likeness (QED) is 0.607. The Morgan fingerprint density at radius 1 is 1.21 bits per heavy atom. The van der Waals surface area contributed by atoms with Crippen molar-refractivity contribution in [1.82, 2.24) is 24.8 Å². The summed E-state index contributed by atoms with van der Waals surface area (Å²) in [7, 11) is 0. The van der Waals surface area contributed by atoms with Crippen LogP contribution in [0.15, 0.2) is 48.8 Å². The van der Waals surface area contributed by atoms with E-state index in [1.165, 1.54) is 0 Å². The van der Waals surface area contributed by atoms with Gasteiger partial charge >= 0.3 is 0 Å². The zero-order valence-electron chi connectivity index (χ0n) is 13.3. The monoisotopic (exact) mass is 319 g/mol. The van der Waals surface area contributed by atoms with Crippen molar-refractivity contribution in [2.24, 2.45) is 0 Å². The fraction of sp³-hybridized carbons (Fsp3) is 0.167. The number of hydrogen-bond donors (Lipinski definition) is 2. The highest BCUT2D eigenvalue weighted by atomic mass is 16.1. The molecule has 2 heterocycles. The van der Waals surface area contributed by atoms with Gasteiger partial charge in [-0.3, -0.25) is 4.79 Å². The fourth-order valence-electron chi connectivity index (χ4n) is 2.94. The van der Waals surface area contributed by atoms with Crippen LogP contribution in [0.2, 0.25) is 0 Å². The molecule has 6 nitrogen and oxygen atoms in total. The number of aromatic nitrogens is 4. The molecule has 0 fully saturated rings. The van der Waals surface area contributed by atoms with Crippen molar-refractivity contribution in [3.05, 3.63) is 60.2 Å². The summed E-state index contributed by atoms with van der Waals surface area (Å²) in [6, 6.07) is 13.5. The number of hydrogen-bond acceptors (Lipinski definition) is 3. The normalized spacial score (nSPS) is 11.2. The molecule has 2 N–H and O–H groups in total. The van der Waals surface area contributed by atoms with Crippen molar-refractivity contribution in [1.29, 1.82) is 0 Å². The minimum absolute atomic E-state index is 0.0893. The van der Waals surface area contributed by atoms with Crippen LogP contribution in [-0.4, -0.2) is 32.0 Å². The highest BCUT2D eigenvalue weighted by Crippen LogP contribution is 2.15. The molecule has 2 aromatic carbocycles. The van der Waals surface area contributed by atoms with Gasteiger partial charge in [-0.05, 0) is 37.3 Å². The number of para-hydroxylation sites is 2. The Kier molecular flexibility index (Phi) is 3.49. The lowest BCUT2D eigenvalue weighted by molar-refractivity contribution is 0.0952. The highest BCUT2D eigenvalue weighted by molar-refractivity contribution is 5.97. The van der Waals surface area contributed by atoms with Crippen molar-refractivity contribution >= 4 is 28.0 Å². The van der Waals surface area contributed by atoms with Gasteiger partial charge in [0.25, 0.3) is 5.91 Å². The van der Waals surface area contributed by atoms with E-state index in [1.807, 2.05) is 43.3 Å². The molecule has 2 aromatic heterocycles. The Balaban J connectivity index is 1.46. The Bertz CT molecular complexity index is 1030. The van der Waals surface area contributed by atoms with Crippen molar-refractivity contribution < 1.29 is 4.79 Å². The second kappa shape index (κ2) is 5.81. The molecule has 0 spiro atoms. The molecule has 120 valence electrons. The molecule has 24 heavy (non-hydrogen) atoms. The van der Waals surface area contributed by atoms with E-state index in [1.54, 1.807) is 12.4 Å². The second-order valence-corrected chi connectivity index (χ2v) is 5.69. The van der Waals surface area contributed by atoms with Crippen LogP contribution in [0.3, 0.4) is 0 Å². The highest BCUT2D eigenvalue weighted by Gasteiger charge is 2.09. The standard InChI is InChI=1S/C18H17N5O/c1-12-22-15-4-2-3-5-17(15)23(12)9-8-19-18(24)13-6-7-14-16(10-13)21-11-20-14/h2-7,10-11H,8-9H2,1H3,(H,19,24)(H,20,21). The molecule has 0 saturated carbocycles. The van der Waals surface area contributed by atoms with Crippen LogP contribution in [0.25, 0.3) is 22.1 Å². The first-order valence-electron chi connectivity index (χ1n) is 7.85. The van der Waals surface area contributed by atoms with Crippen LogP contribution in [0.4, 0.5) is 0 Å². The molecule has 0 atom stereocenters. The van der Waals surface area contributed by atoms with Crippen LogP contribution >= 0.6 is 0 Å². The van der Waals surface area contributed by atoms with Crippen molar-refractivity contribution in [2.75, 3.05) is 6.54 Å². The SMILES string of the molecule is Cc1nc2ccccc2n1CCNC(=O)c1ccc2nc[nH]c2c1. The first kappa shape index (κ1) is 14.4. The number of aryl methyl sites for hydroxylation is 1. The third kappa shape index (κ3) is 2.52. The Hall–Kier alpha value is -3.15. The molecule has 0 bridgehead atoms. The number of H-pyrrole nitrogens is 1. The Labute approximate surface area is 138 Å². The van der Waals surface area contributed by atoms with Crippen molar-refractivity contribution in [3.8, 4) is 0 Å². The van der Waals surface area contributed by atoms with Gasteiger partial charge < -0.3 is 14.9 Å². The molecule has 0 unspecified atom stereocenters. The van der Waals surface area contributed by atoms with E-state index in [0.717, 1.165) is 27.9 Å². The van der Waals surface area contributed by atoms with Crippen molar-refractivity contribution in [3.63, 3.8) is 0 Å². The van der Waals surface area contributed by atoms with E-state index in [9.17, 15) is 4.79 Å². The van der Waals surface area contributed by atoms with Gasteiger partial charge in [0.15, 0.2) is 0 Å². The van der Waals surface area contributed by atoms with Crippen LogP contribution in [0, 0.1) is 6.92 Å². The van der Waals surface area contributed by atoms with Gasteiger partial charge in [-0.15, -0.1) is 0 Å². The number of nitrogens with zero attached hydrogens (tertiary/aromatic N) is 3. The van der Waals surface area contributed by atoms with Gasteiger partial charge in [0.2, 0.25) is 0 Å². The van der Waals surface area contributed by atoms with Gasteiger partial charge in [-0.1, -0.05) is 12.1 Å². The maximum absolute atomic E-state index is 12.3. The van der Waals surface area contributed by atoms with Gasteiger partial charge in [0, 0.05) is 18.7 Å². The molecule has 0 radical (unpaired) electrons. The molecule has 4 aromatic rings. The van der Waals surface area contributed by atoms with E-state index < -0.39 is 0 Å². The minimum Gasteiger partial charge on any atom is -0.350 e. The Morgan fingerprint density at radius 2 is 2.08 bits per heavy atom. The van der Waals surface area contributed by atoms with Gasteiger partial charge in [0.05, 0.1) is 28.4 Å². The molecule has 0 aliphatic carbocycles. The average molecular weight is 319 g/mol. The number of benzene rings is 2. The molecule has 0 aliphatic rings. The number of carbonyl (C=O) groups is 1. The topological polar surface area (TPSA) is 75.6 Å². The third-order valence-electron chi connectivity index (χ3n) is 4.15. The predicted octanol–water partition coefficient (Wildman–Crippen LogP) is 2.65. The van der Waals surface area contributed by atoms with E-state index in [-0.39, 0.29) is 5.91 Å². The van der Waals surface area contributed by atoms with Crippen LogP contribution in [-0.2, 0) is 6.54 Å². The summed E-state index contributed by atoms with van der Waals surface area (Å²) < 4.78 is 2.12. The number of amides is 1. The first-order valence-corrected chi connectivity index (χ1v) is 7.85. The number of fused-ring (bicyclic) bond motifs is 2. The molecular formula is C18H17N5O. The summed E-state index contributed by atoms with van der Waals surface area (Å²) in [6.07, 6.45) is 1.62.